The Labute approximate surface area is 123 Å². The first kappa shape index (κ1) is 12.5. The van der Waals surface area contributed by atoms with Crippen LogP contribution in [0.25, 0.3) is 0 Å². The number of rotatable bonds is 4. The molecule has 0 bridgehead atoms. The van der Waals surface area contributed by atoms with E-state index >= 15 is 0 Å². The van der Waals surface area contributed by atoms with Crippen LogP contribution in [0.2, 0.25) is 0 Å². The fourth-order valence-corrected chi connectivity index (χ4v) is 3.96. The summed E-state index contributed by atoms with van der Waals surface area (Å²) in [5.74, 6) is 0.465. The lowest BCUT2D eigenvalue weighted by atomic mass is 9.83. The van der Waals surface area contributed by atoms with Gasteiger partial charge in [-0.05, 0) is 43.2 Å². The van der Waals surface area contributed by atoms with E-state index in [0.29, 0.717) is 5.92 Å². The second-order valence-electron chi connectivity index (χ2n) is 5.83. The number of hydrogen-bond acceptors (Lipinski definition) is 4. The molecule has 1 fully saturated rings. The van der Waals surface area contributed by atoms with Crippen LogP contribution >= 0.6 is 11.3 Å². The van der Waals surface area contributed by atoms with Crippen molar-refractivity contribution < 1.29 is 0 Å². The van der Waals surface area contributed by atoms with Crippen molar-refractivity contribution in [3.05, 3.63) is 45.4 Å². The van der Waals surface area contributed by atoms with Crippen molar-refractivity contribution in [2.24, 2.45) is 0 Å². The predicted molar refractivity (Wildman–Crippen MR) is 81.0 cm³/mol. The molecule has 20 heavy (non-hydrogen) atoms. The van der Waals surface area contributed by atoms with Gasteiger partial charge in [-0.3, -0.25) is 0 Å². The number of nitrogens with zero attached hydrogens (tertiary/aromatic N) is 2. The van der Waals surface area contributed by atoms with Gasteiger partial charge in [-0.25, -0.2) is 0 Å². The van der Waals surface area contributed by atoms with Crippen LogP contribution in [-0.4, -0.2) is 16.2 Å². The Morgan fingerprint density at radius 1 is 1.15 bits per heavy atom. The lowest BCUT2D eigenvalue weighted by molar-refractivity contribution is 0.608. The number of aryl methyl sites for hydroxylation is 1. The molecule has 3 nitrogen and oxygen atoms in total. The Morgan fingerprint density at radius 3 is 2.95 bits per heavy atom. The van der Waals surface area contributed by atoms with Crippen LogP contribution in [0.15, 0.2) is 24.3 Å². The van der Waals surface area contributed by atoms with Gasteiger partial charge in [0.15, 0.2) is 0 Å². The van der Waals surface area contributed by atoms with Gasteiger partial charge in [0.2, 0.25) is 0 Å². The number of aromatic nitrogens is 2. The van der Waals surface area contributed by atoms with Gasteiger partial charge in [-0.15, -0.1) is 10.2 Å². The summed E-state index contributed by atoms with van der Waals surface area (Å²) in [5.41, 5.74) is 2.97. The van der Waals surface area contributed by atoms with E-state index in [1.807, 2.05) is 0 Å². The summed E-state index contributed by atoms with van der Waals surface area (Å²) in [6.45, 7) is 0.886. The number of hydrogen-bond donors (Lipinski definition) is 1. The molecule has 1 aromatic carbocycles. The maximum Gasteiger partial charge on any atom is 0.131 e. The molecule has 1 unspecified atom stereocenters. The Morgan fingerprint density at radius 2 is 2.05 bits per heavy atom. The van der Waals surface area contributed by atoms with Gasteiger partial charge in [-0.1, -0.05) is 35.6 Å². The molecule has 2 aromatic rings. The molecule has 1 heterocycles. The number of nitrogens with one attached hydrogen (secondary N) is 1. The van der Waals surface area contributed by atoms with Crippen LogP contribution in [0.5, 0.6) is 0 Å². The average Bonchev–Trinajstić information content (AvgIpc) is 3.21. The molecule has 1 N–H and O–H groups in total. The van der Waals surface area contributed by atoms with Gasteiger partial charge in [0, 0.05) is 18.5 Å². The highest BCUT2D eigenvalue weighted by molar-refractivity contribution is 7.11. The van der Waals surface area contributed by atoms with E-state index in [-0.39, 0.29) is 0 Å². The van der Waals surface area contributed by atoms with E-state index < -0.39 is 0 Å². The first-order valence-corrected chi connectivity index (χ1v) is 8.35. The van der Waals surface area contributed by atoms with E-state index in [4.69, 9.17) is 0 Å². The third kappa shape index (κ3) is 2.50. The van der Waals surface area contributed by atoms with Gasteiger partial charge in [0.25, 0.3) is 0 Å². The van der Waals surface area contributed by atoms with E-state index in [1.54, 1.807) is 11.3 Å². The standard InChI is InChI=1S/C16H19N3S/c1-2-6-13-11(4-1)5-3-7-14(13)16-19-18-15(20-16)10-17-12-8-9-12/h1-2,4,6,12,14,17H,3,5,7-10H2. The normalized spacial score (nSPS) is 21.7. The first-order valence-electron chi connectivity index (χ1n) is 7.53. The van der Waals surface area contributed by atoms with Crippen molar-refractivity contribution in [3.63, 3.8) is 0 Å². The monoisotopic (exact) mass is 285 g/mol. The second kappa shape index (κ2) is 5.26. The summed E-state index contributed by atoms with van der Waals surface area (Å²) in [4.78, 5) is 0. The molecule has 1 atom stereocenters. The smallest absolute Gasteiger partial charge is 0.131 e. The Bertz CT molecular complexity index is 603. The molecule has 0 spiro atoms. The molecule has 2 aliphatic rings. The topological polar surface area (TPSA) is 37.8 Å². The highest BCUT2D eigenvalue weighted by Crippen LogP contribution is 2.37. The Hall–Kier alpha value is -1.26. The summed E-state index contributed by atoms with van der Waals surface area (Å²) in [6, 6.07) is 9.55. The van der Waals surface area contributed by atoms with Gasteiger partial charge < -0.3 is 5.32 Å². The molecule has 1 saturated carbocycles. The van der Waals surface area contributed by atoms with E-state index in [1.165, 1.54) is 48.2 Å². The highest BCUT2D eigenvalue weighted by Gasteiger charge is 2.25. The fourth-order valence-electron chi connectivity index (χ4n) is 3.01. The molecule has 4 rings (SSSR count). The SMILES string of the molecule is c1ccc2c(c1)CCCC2c1nnc(CNC2CC2)s1. The van der Waals surface area contributed by atoms with Gasteiger partial charge >= 0.3 is 0 Å². The minimum Gasteiger partial charge on any atom is -0.308 e. The van der Waals surface area contributed by atoms with Gasteiger partial charge in [0.05, 0.1) is 0 Å². The third-order valence-electron chi connectivity index (χ3n) is 4.27. The van der Waals surface area contributed by atoms with Gasteiger partial charge in [0.1, 0.15) is 10.0 Å². The van der Waals surface area contributed by atoms with Crippen molar-refractivity contribution in [3.8, 4) is 0 Å². The minimum absolute atomic E-state index is 0.465. The van der Waals surface area contributed by atoms with Crippen LogP contribution in [0.3, 0.4) is 0 Å². The maximum atomic E-state index is 4.47. The average molecular weight is 285 g/mol. The molecule has 0 aliphatic heterocycles. The molecule has 0 saturated heterocycles. The lowest BCUT2D eigenvalue weighted by Crippen LogP contribution is -2.14. The highest BCUT2D eigenvalue weighted by atomic mass is 32.1. The van der Waals surface area contributed by atoms with E-state index in [2.05, 4.69) is 39.8 Å². The predicted octanol–water partition coefficient (Wildman–Crippen LogP) is 3.26. The van der Waals surface area contributed by atoms with E-state index in [0.717, 1.165) is 17.6 Å². The molecule has 4 heteroatoms. The second-order valence-corrected chi connectivity index (χ2v) is 6.93. The lowest BCUT2D eigenvalue weighted by Gasteiger charge is -2.23. The maximum absolute atomic E-state index is 4.47. The molecule has 104 valence electrons. The summed E-state index contributed by atoms with van der Waals surface area (Å²) in [7, 11) is 0. The van der Waals surface area contributed by atoms with Crippen molar-refractivity contribution in [1.82, 2.24) is 15.5 Å². The Balaban J connectivity index is 1.55. The molecule has 2 aliphatic carbocycles. The molecular formula is C16H19N3S. The third-order valence-corrected chi connectivity index (χ3v) is 5.31. The largest absolute Gasteiger partial charge is 0.308 e. The van der Waals surface area contributed by atoms with Crippen LogP contribution in [0.4, 0.5) is 0 Å². The van der Waals surface area contributed by atoms with Crippen molar-refractivity contribution in [1.29, 1.82) is 0 Å². The van der Waals surface area contributed by atoms with Crippen molar-refractivity contribution >= 4 is 11.3 Å². The summed E-state index contributed by atoms with van der Waals surface area (Å²) >= 11 is 1.79. The van der Waals surface area contributed by atoms with Crippen LogP contribution in [0.1, 0.15) is 52.7 Å². The zero-order chi connectivity index (χ0) is 13.4. The minimum atomic E-state index is 0.465. The quantitative estimate of drug-likeness (QED) is 0.937. The zero-order valence-corrected chi connectivity index (χ0v) is 12.3. The fraction of sp³-hybridized carbons (Fsp3) is 0.500. The number of fused-ring (bicyclic) bond motifs is 1. The summed E-state index contributed by atoms with van der Waals surface area (Å²) in [6.07, 6.45) is 6.32. The molecule has 0 radical (unpaired) electrons. The van der Waals surface area contributed by atoms with Crippen LogP contribution in [-0.2, 0) is 13.0 Å². The summed E-state index contributed by atoms with van der Waals surface area (Å²) < 4.78 is 0. The molecule has 0 amide bonds. The molecular weight excluding hydrogens is 266 g/mol. The molecule has 1 aromatic heterocycles. The number of benzene rings is 1. The Kier molecular flexibility index (Phi) is 3.28. The van der Waals surface area contributed by atoms with Gasteiger partial charge in [-0.2, -0.15) is 0 Å². The van der Waals surface area contributed by atoms with Crippen molar-refractivity contribution in [2.75, 3.05) is 0 Å². The van der Waals surface area contributed by atoms with Crippen molar-refractivity contribution in [2.45, 2.75) is 50.6 Å². The summed E-state index contributed by atoms with van der Waals surface area (Å²) in [5, 5.41) is 14.7. The van der Waals surface area contributed by atoms with Crippen LogP contribution in [0, 0.1) is 0 Å². The van der Waals surface area contributed by atoms with Crippen LogP contribution < -0.4 is 5.32 Å². The van der Waals surface area contributed by atoms with E-state index in [9.17, 15) is 0 Å². The first-order chi connectivity index (χ1) is 9.90. The zero-order valence-electron chi connectivity index (χ0n) is 11.5.